The van der Waals surface area contributed by atoms with Gasteiger partial charge in [-0.15, -0.1) is 0 Å². The maximum Gasteiger partial charge on any atom is 0.305 e. The molecular formula is C25H39ClN4O4. The highest BCUT2D eigenvalue weighted by Crippen LogP contribution is 2.29. The van der Waals surface area contributed by atoms with Crippen LogP contribution >= 0.6 is 11.6 Å². The highest BCUT2D eigenvalue weighted by atomic mass is 35.5. The van der Waals surface area contributed by atoms with Gasteiger partial charge in [-0.05, 0) is 70.6 Å². The number of carbonyl (C=O) groups excluding carboxylic acids is 2. The number of carbonyl (C=O) groups is 2. The van der Waals surface area contributed by atoms with Gasteiger partial charge in [0.2, 0.25) is 0 Å². The number of esters is 1. The summed E-state index contributed by atoms with van der Waals surface area (Å²) < 4.78 is 10.3. The topological polar surface area (TPSA) is 97.1 Å². The van der Waals surface area contributed by atoms with Crippen molar-refractivity contribution in [3.8, 4) is 5.75 Å². The van der Waals surface area contributed by atoms with Crippen LogP contribution in [0.15, 0.2) is 12.1 Å². The maximum atomic E-state index is 12.8. The van der Waals surface area contributed by atoms with E-state index in [0.717, 1.165) is 58.5 Å². The summed E-state index contributed by atoms with van der Waals surface area (Å²) in [5.74, 6) is 0.888. The van der Waals surface area contributed by atoms with Crippen molar-refractivity contribution in [2.45, 2.75) is 51.5 Å². The van der Waals surface area contributed by atoms with E-state index < -0.39 is 0 Å². The van der Waals surface area contributed by atoms with Crippen molar-refractivity contribution in [3.05, 3.63) is 22.7 Å². The van der Waals surface area contributed by atoms with Crippen molar-refractivity contribution in [2.75, 3.05) is 58.7 Å². The van der Waals surface area contributed by atoms with Crippen LogP contribution in [0.4, 0.5) is 5.69 Å². The second-order valence-electron chi connectivity index (χ2n) is 9.32. The minimum atomic E-state index is -0.174. The zero-order valence-electron chi connectivity index (χ0n) is 20.5. The van der Waals surface area contributed by atoms with Crippen molar-refractivity contribution in [3.63, 3.8) is 0 Å². The number of methoxy groups -OCH3 is 1. The number of ether oxygens (including phenoxy) is 2. The van der Waals surface area contributed by atoms with Gasteiger partial charge in [0.1, 0.15) is 5.75 Å². The van der Waals surface area contributed by atoms with Crippen molar-refractivity contribution >= 4 is 29.2 Å². The Bertz CT molecular complexity index is 821. The summed E-state index contributed by atoms with van der Waals surface area (Å²) in [4.78, 5) is 29.3. The molecule has 190 valence electrons. The normalized spacial score (nSPS) is 18.6. The Morgan fingerprint density at radius 1 is 1.12 bits per heavy atom. The molecule has 2 fully saturated rings. The summed E-state index contributed by atoms with van der Waals surface area (Å²) in [6.45, 7) is 8.59. The SMILES string of the molecule is CCOC(=O)CCCN1CCC(CN2CCC(NC(=O)c3cc(Cl)c(N)cc3OC)CC2)CC1. The molecule has 0 bridgehead atoms. The van der Waals surface area contributed by atoms with Gasteiger partial charge >= 0.3 is 5.97 Å². The number of halogens is 1. The summed E-state index contributed by atoms with van der Waals surface area (Å²) in [5.41, 5.74) is 6.63. The number of nitrogens with two attached hydrogens (primary N) is 1. The van der Waals surface area contributed by atoms with Gasteiger partial charge in [0, 0.05) is 38.2 Å². The molecule has 3 N–H and O–H groups in total. The highest BCUT2D eigenvalue weighted by molar-refractivity contribution is 6.33. The Kier molecular flexibility index (Phi) is 10.3. The Morgan fingerprint density at radius 2 is 1.79 bits per heavy atom. The average Bonchev–Trinajstić information content (AvgIpc) is 2.83. The van der Waals surface area contributed by atoms with E-state index in [2.05, 4.69) is 15.1 Å². The van der Waals surface area contributed by atoms with Crippen molar-refractivity contribution in [1.29, 1.82) is 0 Å². The largest absolute Gasteiger partial charge is 0.496 e. The van der Waals surface area contributed by atoms with Crippen LogP contribution in [-0.4, -0.2) is 80.7 Å². The van der Waals surface area contributed by atoms with E-state index in [-0.39, 0.29) is 17.9 Å². The number of piperidine rings is 2. The highest BCUT2D eigenvalue weighted by Gasteiger charge is 2.26. The summed E-state index contributed by atoms with van der Waals surface area (Å²) in [6.07, 6.45) is 5.66. The molecule has 3 rings (SSSR count). The lowest BCUT2D eigenvalue weighted by Gasteiger charge is -2.37. The molecule has 0 aromatic heterocycles. The van der Waals surface area contributed by atoms with Crippen molar-refractivity contribution in [2.24, 2.45) is 5.92 Å². The molecule has 0 unspecified atom stereocenters. The maximum absolute atomic E-state index is 12.8. The molecule has 0 atom stereocenters. The smallest absolute Gasteiger partial charge is 0.305 e. The summed E-state index contributed by atoms with van der Waals surface area (Å²) in [5, 5.41) is 3.49. The van der Waals surface area contributed by atoms with Crippen molar-refractivity contribution in [1.82, 2.24) is 15.1 Å². The molecule has 0 radical (unpaired) electrons. The van der Waals surface area contributed by atoms with E-state index in [1.165, 1.54) is 20.0 Å². The molecule has 0 saturated carbocycles. The quantitative estimate of drug-likeness (QED) is 0.381. The molecule has 1 aromatic carbocycles. The monoisotopic (exact) mass is 494 g/mol. The zero-order valence-corrected chi connectivity index (χ0v) is 21.2. The van der Waals surface area contributed by atoms with Crippen LogP contribution in [0.3, 0.4) is 0 Å². The van der Waals surface area contributed by atoms with Gasteiger partial charge < -0.3 is 30.3 Å². The molecule has 2 heterocycles. The Hall–Kier alpha value is -2.03. The number of likely N-dealkylation sites (tertiary alicyclic amines) is 2. The second-order valence-corrected chi connectivity index (χ2v) is 9.72. The van der Waals surface area contributed by atoms with E-state index in [1.54, 1.807) is 12.1 Å². The van der Waals surface area contributed by atoms with Gasteiger partial charge in [-0.1, -0.05) is 11.6 Å². The van der Waals surface area contributed by atoms with E-state index in [4.69, 9.17) is 26.8 Å². The van der Waals surface area contributed by atoms with Crippen LogP contribution in [0.25, 0.3) is 0 Å². The van der Waals surface area contributed by atoms with Gasteiger partial charge in [0.25, 0.3) is 5.91 Å². The minimum Gasteiger partial charge on any atom is -0.496 e. The lowest BCUT2D eigenvalue weighted by Crippen LogP contribution is -2.47. The fourth-order valence-electron chi connectivity index (χ4n) is 4.88. The second kappa shape index (κ2) is 13.2. The first-order chi connectivity index (χ1) is 16.4. The van der Waals surface area contributed by atoms with E-state index in [1.807, 2.05) is 6.92 Å². The number of rotatable bonds is 10. The van der Waals surface area contributed by atoms with Crippen LogP contribution in [0.5, 0.6) is 5.75 Å². The van der Waals surface area contributed by atoms with Crippen LogP contribution in [0.1, 0.15) is 55.8 Å². The first-order valence-electron chi connectivity index (χ1n) is 12.4. The molecule has 1 aromatic rings. The molecule has 34 heavy (non-hydrogen) atoms. The summed E-state index contributed by atoms with van der Waals surface area (Å²) in [6, 6.07) is 3.31. The first kappa shape index (κ1) is 26.6. The van der Waals surface area contributed by atoms with Crippen LogP contribution in [-0.2, 0) is 9.53 Å². The third kappa shape index (κ3) is 7.75. The van der Waals surface area contributed by atoms with Gasteiger partial charge in [-0.3, -0.25) is 9.59 Å². The number of amides is 1. The Labute approximate surface area is 208 Å². The predicted octanol–water partition coefficient (Wildman–Crippen LogP) is 3.18. The minimum absolute atomic E-state index is 0.0895. The summed E-state index contributed by atoms with van der Waals surface area (Å²) in [7, 11) is 1.52. The molecule has 8 nitrogen and oxygen atoms in total. The Balaban J connectivity index is 1.35. The summed E-state index contributed by atoms with van der Waals surface area (Å²) >= 11 is 6.11. The van der Waals surface area contributed by atoms with Gasteiger partial charge in [-0.2, -0.15) is 0 Å². The van der Waals surface area contributed by atoms with Gasteiger partial charge in [0.05, 0.1) is 30.0 Å². The van der Waals surface area contributed by atoms with Crippen LogP contribution in [0, 0.1) is 5.92 Å². The fraction of sp³-hybridized carbons (Fsp3) is 0.680. The van der Waals surface area contributed by atoms with E-state index >= 15 is 0 Å². The van der Waals surface area contributed by atoms with Gasteiger partial charge in [0.15, 0.2) is 0 Å². The fourth-order valence-corrected chi connectivity index (χ4v) is 5.04. The number of hydrogen-bond acceptors (Lipinski definition) is 7. The molecule has 0 aliphatic carbocycles. The first-order valence-corrected chi connectivity index (χ1v) is 12.8. The predicted molar refractivity (Wildman–Crippen MR) is 134 cm³/mol. The molecule has 1 amide bonds. The van der Waals surface area contributed by atoms with E-state index in [9.17, 15) is 9.59 Å². The zero-order chi connectivity index (χ0) is 24.5. The number of nitrogens with zero attached hydrogens (tertiary/aromatic N) is 2. The molecular weight excluding hydrogens is 456 g/mol. The number of hydrogen-bond donors (Lipinski definition) is 2. The Morgan fingerprint density at radius 3 is 2.44 bits per heavy atom. The molecule has 2 saturated heterocycles. The standard InChI is InChI=1S/C25H39ClN4O4/c1-3-34-24(31)5-4-10-29-11-6-18(7-12-29)17-30-13-8-19(9-14-30)28-25(32)20-15-21(26)22(27)16-23(20)33-2/h15-16,18-19H,3-14,17,27H2,1-2H3,(H,28,32). The third-order valence-corrected chi connectivity index (χ3v) is 7.20. The lowest BCUT2D eigenvalue weighted by molar-refractivity contribution is -0.143. The molecule has 2 aliphatic heterocycles. The number of nitrogens with one attached hydrogen (secondary N) is 1. The lowest BCUT2D eigenvalue weighted by atomic mass is 9.94. The average molecular weight is 495 g/mol. The number of benzene rings is 1. The van der Waals surface area contributed by atoms with Crippen molar-refractivity contribution < 1.29 is 19.1 Å². The van der Waals surface area contributed by atoms with Gasteiger partial charge in [-0.25, -0.2) is 0 Å². The van der Waals surface area contributed by atoms with E-state index in [0.29, 0.717) is 41.0 Å². The molecule has 9 heteroatoms. The molecule has 0 spiro atoms. The molecule has 2 aliphatic rings. The third-order valence-electron chi connectivity index (χ3n) is 6.87. The number of nitrogen functional groups attached to an aromatic ring is 1. The number of anilines is 1. The van der Waals surface area contributed by atoms with Crippen LogP contribution < -0.4 is 15.8 Å². The van der Waals surface area contributed by atoms with Crippen LogP contribution in [0.2, 0.25) is 5.02 Å².